The van der Waals surface area contributed by atoms with Crippen LogP contribution in [0.5, 0.6) is 0 Å². The number of benzene rings is 7. The Balaban J connectivity index is 1.13. The highest BCUT2D eigenvalue weighted by Crippen LogP contribution is 2.54. The van der Waals surface area contributed by atoms with E-state index in [1.54, 1.807) is 0 Å². The van der Waals surface area contributed by atoms with Crippen LogP contribution in [0.1, 0.15) is 166 Å². The van der Waals surface area contributed by atoms with Crippen molar-refractivity contribution in [3.63, 3.8) is 0 Å². The van der Waals surface area contributed by atoms with Gasteiger partial charge in [-0.25, -0.2) is 0 Å². The third-order valence-electron chi connectivity index (χ3n) is 18.8. The highest BCUT2D eigenvalue weighted by molar-refractivity contribution is 7.26. The zero-order valence-corrected chi connectivity index (χ0v) is 46.6. The molecule has 4 heteroatoms. The molecule has 0 atom stereocenters. The molecule has 0 spiro atoms. The van der Waals surface area contributed by atoms with E-state index in [2.05, 4.69) is 222 Å². The van der Waals surface area contributed by atoms with E-state index in [4.69, 9.17) is 0 Å². The fourth-order valence-electron chi connectivity index (χ4n) is 13.8. The van der Waals surface area contributed by atoms with E-state index in [0.29, 0.717) is 0 Å². The van der Waals surface area contributed by atoms with E-state index in [-0.39, 0.29) is 32.5 Å². The fourth-order valence-corrected chi connectivity index (χ4v) is 15.0. The molecule has 8 aromatic rings. The Morgan fingerprint density at radius 2 is 1.06 bits per heavy atom. The first kappa shape index (κ1) is 47.4. The summed E-state index contributed by atoms with van der Waals surface area (Å²) in [6.45, 7) is 34.1. The number of aryl methyl sites for hydroxylation is 2. The number of rotatable bonds is 5. The molecule has 0 unspecified atom stereocenters. The van der Waals surface area contributed by atoms with Crippen molar-refractivity contribution < 1.29 is 0 Å². The number of anilines is 5. The Labute approximate surface area is 435 Å². The van der Waals surface area contributed by atoms with Crippen LogP contribution in [0.15, 0.2) is 115 Å². The molecule has 72 heavy (non-hydrogen) atoms. The van der Waals surface area contributed by atoms with Crippen LogP contribution in [0, 0.1) is 13.8 Å². The second kappa shape index (κ2) is 16.0. The molecule has 0 bridgehead atoms. The quantitative estimate of drug-likeness (QED) is 0.173. The molecule has 1 N–H and O–H groups in total. The molecule has 7 aromatic carbocycles. The van der Waals surface area contributed by atoms with E-state index < -0.39 is 0 Å². The molecule has 0 amide bonds. The van der Waals surface area contributed by atoms with Gasteiger partial charge in [0.15, 0.2) is 7.28 Å². The van der Waals surface area contributed by atoms with E-state index in [1.165, 1.54) is 159 Å². The van der Waals surface area contributed by atoms with Gasteiger partial charge in [-0.15, -0.1) is 11.3 Å². The third-order valence-corrected chi connectivity index (χ3v) is 20.0. The lowest BCUT2D eigenvalue weighted by atomic mass is 9.57. The highest BCUT2D eigenvalue weighted by Gasteiger charge is 2.41. The van der Waals surface area contributed by atoms with Gasteiger partial charge in [-0.3, -0.25) is 0 Å². The minimum Gasteiger partial charge on any atom is -0.355 e. The van der Waals surface area contributed by atoms with E-state index >= 15 is 0 Å². The van der Waals surface area contributed by atoms with Crippen LogP contribution in [-0.4, -0.2) is 7.28 Å². The van der Waals surface area contributed by atoms with Crippen molar-refractivity contribution in [3.05, 3.63) is 160 Å². The number of hydrogen-bond donors (Lipinski definition) is 1. The van der Waals surface area contributed by atoms with Crippen molar-refractivity contribution in [3.8, 4) is 22.3 Å². The average Bonchev–Trinajstić information content (AvgIpc) is 3.70. The van der Waals surface area contributed by atoms with E-state index in [1.807, 2.05) is 11.3 Å². The zero-order valence-electron chi connectivity index (χ0n) is 45.8. The minimum absolute atomic E-state index is 0.0705. The Kier molecular flexibility index (Phi) is 10.5. The van der Waals surface area contributed by atoms with Crippen molar-refractivity contribution in [2.24, 2.45) is 0 Å². The number of nitrogens with zero attached hydrogens (tertiary/aromatic N) is 1. The maximum atomic E-state index is 4.17. The lowest BCUT2D eigenvalue weighted by molar-refractivity contribution is 0.332. The SMILES string of the molecule is Cc1cc(-c2c(Nc3ccc4c(c3)C(C)(C)CCC4(C)C)ccc3c2sc2cc4c(cc23)C(C)(C)CCC4(C)C)c2c(c1)N(c1cc3c(cc1C)C(C)(C)CCC3(C)C)c1cc(-c3ccccc3)ccc1B2. The maximum Gasteiger partial charge on any atom is 0.198 e. The lowest BCUT2D eigenvalue weighted by Crippen LogP contribution is -2.41. The molecular formula is C68H75BN2S. The predicted octanol–water partition coefficient (Wildman–Crippen LogP) is 18.0. The Morgan fingerprint density at radius 1 is 0.472 bits per heavy atom. The monoisotopic (exact) mass is 963 g/mol. The summed E-state index contributed by atoms with van der Waals surface area (Å²) >= 11 is 2.01. The molecule has 0 saturated heterocycles. The maximum absolute atomic E-state index is 4.17. The van der Waals surface area contributed by atoms with Crippen molar-refractivity contribution >= 4 is 78.2 Å². The average molecular weight is 963 g/mol. The van der Waals surface area contributed by atoms with Gasteiger partial charge in [-0.2, -0.15) is 0 Å². The van der Waals surface area contributed by atoms with Crippen LogP contribution in [0.3, 0.4) is 0 Å². The first-order valence-electron chi connectivity index (χ1n) is 27.2. The standard InChI is InChI=1S/C68H75BN2S/c1-40-32-47(61-58(33-40)71(57-35-43(20-24-54(57)69-61)42-18-16-15-17-19-42)56-38-52-49(34-41(56)2)64(5,6)28-30-67(52,11)12)60-55(70-44-21-23-48-50(36-44)65(7,8)27-26-63(48,3)4)25-22-45-46-37-51-53(39-59(46)72-62(45)60)68(13,14)31-29-66(51,9)10/h15-25,32-39,69-70H,26-31H2,1-14H3. The number of nitrogens with one attached hydrogen (secondary N) is 1. The van der Waals surface area contributed by atoms with Crippen LogP contribution in [0.25, 0.3) is 42.4 Å². The van der Waals surface area contributed by atoms with Gasteiger partial charge in [0, 0.05) is 54.2 Å². The van der Waals surface area contributed by atoms with Crippen LogP contribution in [-0.2, 0) is 32.5 Å². The Bertz CT molecular complexity index is 3560. The van der Waals surface area contributed by atoms with Gasteiger partial charge in [0.1, 0.15) is 0 Å². The Morgan fingerprint density at radius 3 is 1.71 bits per heavy atom. The zero-order chi connectivity index (χ0) is 50.7. The molecular weight excluding hydrogens is 888 g/mol. The molecule has 0 radical (unpaired) electrons. The second-order valence-electron chi connectivity index (χ2n) is 26.8. The summed E-state index contributed by atoms with van der Waals surface area (Å²) in [5.41, 5.74) is 26.4. The molecule has 12 rings (SSSR count). The fraction of sp³-hybridized carbons (Fsp3) is 0.382. The molecule has 0 saturated carbocycles. The number of hydrogen-bond acceptors (Lipinski definition) is 3. The molecule has 2 nitrogen and oxygen atoms in total. The summed E-state index contributed by atoms with van der Waals surface area (Å²) in [7, 11) is 0.841. The van der Waals surface area contributed by atoms with Crippen LogP contribution in [0.2, 0.25) is 0 Å². The van der Waals surface area contributed by atoms with Crippen molar-refractivity contribution in [2.75, 3.05) is 10.2 Å². The first-order chi connectivity index (χ1) is 33.9. The van der Waals surface area contributed by atoms with Gasteiger partial charge in [-0.05, 0) is 200 Å². The van der Waals surface area contributed by atoms with Gasteiger partial charge in [0.05, 0.1) is 0 Å². The first-order valence-corrected chi connectivity index (χ1v) is 28.0. The molecule has 2 heterocycles. The van der Waals surface area contributed by atoms with Gasteiger partial charge in [0.25, 0.3) is 0 Å². The van der Waals surface area contributed by atoms with E-state index in [0.717, 1.165) is 13.0 Å². The van der Waals surface area contributed by atoms with Crippen LogP contribution >= 0.6 is 11.3 Å². The van der Waals surface area contributed by atoms with Gasteiger partial charge >= 0.3 is 0 Å². The topological polar surface area (TPSA) is 15.3 Å². The van der Waals surface area contributed by atoms with Crippen molar-refractivity contribution in [1.29, 1.82) is 0 Å². The minimum atomic E-state index is 0.0705. The largest absolute Gasteiger partial charge is 0.355 e. The van der Waals surface area contributed by atoms with E-state index in [9.17, 15) is 0 Å². The smallest absolute Gasteiger partial charge is 0.198 e. The molecule has 1 aliphatic heterocycles. The van der Waals surface area contributed by atoms with Crippen LogP contribution < -0.4 is 21.1 Å². The van der Waals surface area contributed by atoms with Gasteiger partial charge < -0.3 is 10.2 Å². The third kappa shape index (κ3) is 7.46. The lowest BCUT2D eigenvalue weighted by Gasteiger charge is -2.44. The Hall–Kier alpha value is -5.58. The van der Waals surface area contributed by atoms with Gasteiger partial charge in [-0.1, -0.05) is 155 Å². The predicted molar refractivity (Wildman–Crippen MR) is 316 cm³/mol. The van der Waals surface area contributed by atoms with Crippen LogP contribution in [0.4, 0.5) is 28.4 Å². The van der Waals surface area contributed by atoms with Crippen molar-refractivity contribution in [1.82, 2.24) is 0 Å². The summed E-state index contributed by atoms with van der Waals surface area (Å²) in [6, 6.07) is 45.7. The number of thiophene rings is 1. The van der Waals surface area contributed by atoms with Gasteiger partial charge in [0.2, 0.25) is 0 Å². The highest BCUT2D eigenvalue weighted by atomic mass is 32.1. The number of fused-ring (bicyclic) bond motifs is 8. The molecule has 0 fully saturated rings. The summed E-state index contributed by atoms with van der Waals surface area (Å²) < 4.78 is 2.76. The summed E-state index contributed by atoms with van der Waals surface area (Å²) in [5.74, 6) is 0. The molecule has 1 aromatic heterocycles. The van der Waals surface area contributed by atoms with Crippen molar-refractivity contribution in [2.45, 2.75) is 168 Å². The summed E-state index contributed by atoms with van der Waals surface area (Å²) in [6.07, 6.45) is 7.17. The molecule has 366 valence electrons. The summed E-state index contributed by atoms with van der Waals surface area (Å²) in [4.78, 5) is 2.67. The second-order valence-corrected chi connectivity index (χ2v) is 27.8. The normalized spacial score (nSPS) is 19.4. The summed E-state index contributed by atoms with van der Waals surface area (Å²) in [5, 5.41) is 6.92. The molecule has 3 aliphatic carbocycles. The molecule has 4 aliphatic rings.